The zero-order valence-corrected chi connectivity index (χ0v) is 17.3. The van der Waals surface area contributed by atoms with Crippen molar-refractivity contribution in [2.75, 3.05) is 62.7 Å². The normalized spacial score (nSPS) is 23.4. The minimum atomic E-state index is -2.82. The number of aliphatic imine (C=N–C) groups is 1. The summed E-state index contributed by atoms with van der Waals surface area (Å²) in [7, 11) is -1.05. The lowest BCUT2D eigenvalue weighted by molar-refractivity contribution is 0.299. The number of rotatable bonds is 5. The Balaban J connectivity index is 1.40. The van der Waals surface area contributed by atoms with Crippen LogP contribution >= 0.6 is 11.6 Å². The van der Waals surface area contributed by atoms with Crippen LogP contribution in [0.15, 0.2) is 29.3 Å². The molecule has 2 heterocycles. The Morgan fingerprint density at radius 2 is 2.07 bits per heavy atom. The Bertz CT molecular complexity index is 757. The summed E-state index contributed by atoms with van der Waals surface area (Å²) < 4.78 is 23.0. The number of nitrogens with one attached hydrogen (secondary N) is 2. The highest BCUT2D eigenvalue weighted by Crippen LogP contribution is 2.23. The van der Waals surface area contributed by atoms with Crippen LogP contribution in [-0.4, -0.2) is 83.1 Å². The Labute approximate surface area is 166 Å². The van der Waals surface area contributed by atoms with Crippen LogP contribution in [0, 0.1) is 0 Å². The van der Waals surface area contributed by atoms with Crippen LogP contribution < -0.4 is 15.5 Å². The van der Waals surface area contributed by atoms with Crippen molar-refractivity contribution in [2.24, 2.45) is 4.99 Å². The molecule has 2 saturated heterocycles. The molecule has 27 heavy (non-hydrogen) atoms. The van der Waals surface area contributed by atoms with E-state index < -0.39 is 9.84 Å². The van der Waals surface area contributed by atoms with Crippen LogP contribution in [0.4, 0.5) is 5.69 Å². The van der Waals surface area contributed by atoms with Crippen LogP contribution in [-0.2, 0) is 9.84 Å². The standard InChI is InChI=1S/C18H28ClN5O2S/c1-20-18(21-6-8-23-9-11-27(25,26)12-10-23)22-16-5-7-24(14-16)17-4-2-3-15(19)13-17/h2-4,13,16H,5-12,14H2,1H3,(H2,20,21,22). The van der Waals surface area contributed by atoms with Gasteiger partial charge < -0.3 is 15.5 Å². The molecule has 0 spiro atoms. The molecule has 7 nitrogen and oxygen atoms in total. The maximum atomic E-state index is 11.5. The summed E-state index contributed by atoms with van der Waals surface area (Å²) in [5.74, 6) is 1.32. The second-order valence-corrected chi connectivity index (χ2v) is 9.79. The molecule has 1 atom stereocenters. The SMILES string of the molecule is CN=C(NCCN1CCS(=O)(=O)CC1)NC1CCN(c2cccc(Cl)c2)C1. The van der Waals surface area contributed by atoms with Gasteiger partial charge in [-0.1, -0.05) is 17.7 Å². The summed E-state index contributed by atoms with van der Waals surface area (Å²) in [4.78, 5) is 8.81. The summed E-state index contributed by atoms with van der Waals surface area (Å²) >= 11 is 6.09. The van der Waals surface area contributed by atoms with Gasteiger partial charge in [0, 0.05) is 63.1 Å². The molecule has 0 aromatic heterocycles. The molecule has 3 rings (SSSR count). The third-order valence-electron chi connectivity index (χ3n) is 5.08. The Morgan fingerprint density at radius 3 is 2.78 bits per heavy atom. The minimum Gasteiger partial charge on any atom is -0.369 e. The quantitative estimate of drug-likeness (QED) is 0.549. The van der Waals surface area contributed by atoms with E-state index in [1.807, 2.05) is 18.2 Å². The summed E-state index contributed by atoms with van der Waals surface area (Å²) in [6, 6.07) is 8.27. The van der Waals surface area contributed by atoms with Gasteiger partial charge in [-0.3, -0.25) is 9.89 Å². The number of benzene rings is 1. The predicted molar refractivity (Wildman–Crippen MR) is 112 cm³/mol. The molecular weight excluding hydrogens is 386 g/mol. The molecule has 150 valence electrons. The van der Waals surface area contributed by atoms with Gasteiger partial charge in [-0.25, -0.2) is 8.42 Å². The van der Waals surface area contributed by atoms with Crippen LogP contribution in [0.3, 0.4) is 0 Å². The number of hydrogen-bond donors (Lipinski definition) is 2. The highest BCUT2D eigenvalue weighted by molar-refractivity contribution is 7.91. The first kappa shape index (κ1) is 20.2. The summed E-state index contributed by atoms with van der Waals surface area (Å²) in [6.07, 6.45) is 1.04. The number of sulfone groups is 1. The molecule has 2 fully saturated rings. The third kappa shape index (κ3) is 5.99. The number of hydrogen-bond acceptors (Lipinski definition) is 5. The number of guanidine groups is 1. The lowest BCUT2D eigenvalue weighted by Gasteiger charge is -2.27. The summed E-state index contributed by atoms with van der Waals surface area (Å²) in [6.45, 7) is 4.68. The van der Waals surface area contributed by atoms with Crippen LogP contribution in [0.5, 0.6) is 0 Å². The second kappa shape index (κ2) is 9.12. The fourth-order valence-electron chi connectivity index (χ4n) is 3.48. The van der Waals surface area contributed by atoms with Crippen molar-refractivity contribution >= 4 is 33.1 Å². The first-order valence-electron chi connectivity index (χ1n) is 9.36. The maximum absolute atomic E-state index is 11.5. The molecule has 0 aliphatic carbocycles. The molecule has 1 aromatic carbocycles. The minimum absolute atomic E-state index is 0.265. The van der Waals surface area contributed by atoms with E-state index in [9.17, 15) is 8.42 Å². The van der Waals surface area contributed by atoms with E-state index in [1.54, 1.807) is 7.05 Å². The third-order valence-corrected chi connectivity index (χ3v) is 6.93. The maximum Gasteiger partial charge on any atom is 0.191 e. The molecule has 0 radical (unpaired) electrons. The largest absolute Gasteiger partial charge is 0.369 e. The first-order valence-corrected chi connectivity index (χ1v) is 11.6. The van der Waals surface area contributed by atoms with Gasteiger partial charge >= 0.3 is 0 Å². The monoisotopic (exact) mass is 413 g/mol. The van der Waals surface area contributed by atoms with Crippen LogP contribution in [0.25, 0.3) is 0 Å². The fourth-order valence-corrected chi connectivity index (χ4v) is 4.94. The molecule has 1 aromatic rings. The summed E-state index contributed by atoms with van der Waals surface area (Å²) in [5.41, 5.74) is 1.15. The van der Waals surface area contributed by atoms with E-state index in [4.69, 9.17) is 11.6 Å². The average Bonchev–Trinajstić information content (AvgIpc) is 3.11. The van der Waals surface area contributed by atoms with Crippen LogP contribution in [0.1, 0.15) is 6.42 Å². The molecule has 9 heteroatoms. The Morgan fingerprint density at radius 1 is 1.30 bits per heavy atom. The number of anilines is 1. The van der Waals surface area contributed by atoms with E-state index in [0.717, 1.165) is 49.3 Å². The van der Waals surface area contributed by atoms with Crippen LogP contribution in [0.2, 0.25) is 5.02 Å². The van der Waals surface area contributed by atoms with Crippen molar-refractivity contribution in [2.45, 2.75) is 12.5 Å². The predicted octanol–water partition coefficient (Wildman–Crippen LogP) is 0.814. The molecule has 0 amide bonds. The van der Waals surface area contributed by atoms with Crippen molar-refractivity contribution in [3.8, 4) is 0 Å². The van der Waals surface area contributed by atoms with Gasteiger partial charge in [-0.15, -0.1) is 0 Å². The Kier molecular flexibility index (Phi) is 6.83. The van der Waals surface area contributed by atoms with Crippen molar-refractivity contribution in [3.63, 3.8) is 0 Å². The second-order valence-electron chi connectivity index (χ2n) is 7.05. The molecule has 0 saturated carbocycles. The average molecular weight is 414 g/mol. The topological polar surface area (TPSA) is 77.0 Å². The fraction of sp³-hybridized carbons (Fsp3) is 0.611. The van der Waals surface area contributed by atoms with Crippen molar-refractivity contribution in [1.29, 1.82) is 0 Å². The van der Waals surface area contributed by atoms with Crippen molar-refractivity contribution in [3.05, 3.63) is 29.3 Å². The van der Waals surface area contributed by atoms with Gasteiger partial charge in [0.2, 0.25) is 0 Å². The highest BCUT2D eigenvalue weighted by atomic mass is 35.5. The molecule has 2 aliphatic heterocycles. The molecule has 1 unspecified atom stereocenters. The van der Waals surface area contributed by atoms with E-state index >= 15 is 0 Å². The van der Waals surface area contributed by atoms with E-state index in [-0.39, 0.29) is 11.5 Å². The zero-order chi connectivity index (χ0) is 19.3. The molecule has 2 N–H and O–H groups in total. The summed E-state index contributed by atoms with van der Waals surface area (Å²) in [5, 5.41) is 7.57. The lowest BCUT2D eigenvalue weighted by atomic mass is 10.3. The van der Waals surface area contributed by atoms with Gasteiger partial charge in [0.1, 0.15) is 0 Å². The van der Waals surface area contributed by atoms with Gasteiger partial charge in [0.25, 0.3) is 0 Å². The molecule has 0 bridgehead atoms. The van der Waals surface area contributed by atoms with E-state index in [2.05, 4.69) is 31.5 Å². The lowest BCUT2D eigenvalue weighted by Crippen LogP contribution is -2.48. The zero-order valence-electron chi connectivity index (χ0n) is 15.7. The van der Waals surface area contributed by atoms with Gasteiger partial charge in [-0.05, 0) is 24.6 Å². The molecular formula is C18H28ClN5O2S. The number of nitrogens with zero attached hydrogens (tertiary/aromatic N) is 3. The first-order chi connectivity index (χ1) is 12.9. The van der Waals surface area contributed by atoms with Gasteiger partial charge in [0.15, 0.2) is 15.8 Å². The van der Waals surface area contributed by atoms with E-state index in [1.165, 1.54) is 0 Å². The molecule has 2 aliphatic rings. The smallest absolute Gasteiger partial charge is 0.191 e. The Hall–Kier alpha value is -1.51. The van der Waals surface area contributed by atoms with Gasteiger partial charge in [0.05, 0.1) is 11.5 Å². The van der Waals surface area contributed by atoms with Crippen molar-refractivity contribution in [1.82, 2.24) is 15.5 Å². The van der Waals surface area contributed by atoms with E-state index in [0.29, 0.717) is 19.1 Å². The van der Waals surface area contributed by atoms with Gasteiger partial charge in [-0.2, -0.15) is 0 Å². The number of halogens is 1. The highest BCUT2D eigenvalue weighted by Gasteiger charge is 2.24. The van der Waals surface area contributed by atoms with Crippen molar-refractivity contribution < 1.29 is 8.42 Å².